The van der Waals surface area contributed by atoms with Crippen molar-refractivity contribution >= 4 is 56.2 Å². The second-order valence-corrected chi connectivity index (χ2v) is 9.58. The van der Waals surface area contributed by atoms with Crippen LogP contribution in [0.4, 0.5) is 24.5 Å². The van der Waals surface area contributed by atoms with Gasteiger partial charge < -0.3 is 20.1 Å². The number of amides is 1. The summed E-state index contributed by atoms with van der Waals surface area (Å²) in [6, 6.07) is 21.6. The Bertz CT molecular complexity index is 1480. The van der Waals surface area contributed by atoms with Gasteiger partial charge in [0.2, 0.25) is 5.91 Å². The zero-order valence-electron chi connectivity index (χ0n) is 19.7. The Hall–Kier alpha value is -4.21. The number of allylic oxidation sites excluding steroid dienone is 1. The van der Waals surface area contributed by atoms with E-state index in [4.69, 9.17) is 4.74 Å². The molecule has 0 radical (unpaired) electrons. The standard InChI is InChI=1S/C26H19F3N4O3S2/c1-35-19-6-4-5-17(13-19)32-24(20(14-30)25-33-21-7-2-3-8-22(21)38-25)37-15-23(34)31-16-9-11-18(12-10-16)36-26(27,28)29/h2-13,32H,15H2,1H3,(H,31,34). The zero-order chi connectivity index (χ0) is 27.1. The number of rotatable bonds is 9. The third-order valence-electron chi connectivity index (χ3n) is 4.89. The molecule has 4 aromatic rings. The van der Waals surface area contributed by atoms with Crippen LogP contribution in [0.3, 0.4) is 0 Å². The summed E-state index contributed by atoms with van der Waals surface area (Å²) in [4.78, 5) is 17.2. The van der Waals surface area contributed by atoms with Crippen molar-refractivity contribution in [1.82, 2.24) is 4.98 Å². The Balaban J connectivity index is 1.55. The molecule has 7 nitrogen and oxygen atoms in total. The predicted molar refractivity (Wildman–Crippen MR) is 143 cm³/mol. The highest BCUT2D eigenvalue weighted by atomic mass is 32.2. The summed E-state index contributed by atoms with van der Waals surface area (Å²) in [7, 11) is 1.54. The minimum absolute atomic E-state index is 0.0941. The number of fused-ring (bicyclic) bond motifs is 1. The number of ether oxygens (including phenoxy) is 2. The van der Waals surface area contributed by atoms with Crippen molar-refractivity contribution in [2.45, 2.75) is 6.36 Å². The molecule has 1 aromatic heterocycles. The number of thioether (sulfide) groups is 1. The maximum atomic E-state index is 12.7. The van der Waals surface area contributed by atoms with Crippen LogP contribution in [0.2, 0.25) is 0 Å². The summed E-state index contributed by atoms with van der Waals surface area (Å²) in [5, 5.41) is 16.8. The van der Waals surface area contributed by atoms with Gasteiger partial charge in [0.1, 0.15) is 28.1 Å². The van der Waals surface area contributed by atoms with Crippen LogP contribution in [0, 0.1) is 11.3 Å². The van der Waals surface area contributed by atoms with E-state index in [2.05, 4.69) is 26.4 Å². The van der Waals surface area contributed by atoms with Gasteiger partial charge in [-0.15, -0.1) is 24.5 Å². The lowest BCUT2D eigenvalue weighted by atomic mass is 10.3. The monoisotopic (exact) mass is 556 g/mol. The summed E-state index contributed by atoms with van der Waals surface area (Å²) >= 11 is 2.45. The highest BCUT2D eigenvalue weighted by Gasteiger charge is 2.31. The summed E-state index contributed by atoms with van der Waals surface area (Å²) < 4.78 is 47.1. The first-order valence-corrected chi connectivity index (χ1v) is 12.7. The van der Waals surface area contributed by atoms with Crippen LogP contribution >= 0.6 is 23.1 Å². The molecule has 12 heteroatoms. The van der Waals surface area contributed by atoms with Gasteiger partial charge in [0.15, 0.2) is 0 Å². The maximum Gasteiger partial charge on any atom is 0.573 e. The molecule has 0 atom stereocenters. The molecule has 0 saturated carbocycles. The van der Waals surface area contributed by atoms with Crippen molar-refractivity contribution in [3.05, 3.63) is 82.8 Å². The molecular weight excluding hydrogens is 537 g/mol. The fraction of sp³-hybridized carbons (Fsp3) is 0.115. The van der Waals surface area contributed by atoms with Gasteiger partial charge in [-0.25, -0.2) is 4.98 Å². The van der Waals surface area contributed by atoms with E-state index in [9.17, 15) is 23.2 Å². The highest BCUT2D eigenvalue weighted by molar-refractivity contribution is 8.04. The Morgan fingerprint density at radius 2 is 1.79 bits per heavy atom. The van der Waals surface area contributed by atoms with Crippen molar-refractivity contribution in [2.24, 2.45) is 0 Å². The smallest absolute Gasteiger partial charge is 0.497 e. The van der Waals surface area contributed by atoms with Gasteiger partial charge in [-0.1, -0.05) is 30.0 Å². The lowest BCUT2D eigenvalue weighted by Crippen LogP contribution is -2.17. The van der Waals surface area contributed by atoms with Crippen LogP contribution in [-0.2, 0) is 4.79 Å². The molecule has 1 heterocycles. The van der Waals surface area contributed by atoms with Crippen LogP contribution in [0.25, 0.3) is 15.8 Å². The number of hydrogen-bond donors (Lipinski definition) is 2. The molecule has 0 fully saturated rings. The van der Waals surface area contributed by atoms with E-state index >= 15 is 0 Å². The van der Waals surface area contributed by atoms with Crippen LogP contribution in [0.15, 0.2) is 77.8 Å². The molecule has 0 aliphatic heterocycles. The minimum Gasteiger partial charge on any atom is -0.497 e. The first-order chi connectivity index (χ1) is 18.2. The van der Waals surface area contributed by atoms with Crippen LogP contribution in [-0.4, -0.2) is 30.1 Å². The number of benzene rings is 3. The van der Waals surface area contributed by atoms with Gasteiger partial charge in [0.25, 0.3) is 0 Å². The van der Waals surface area contributed by atoms with E-state index in [0.29, 0.717) is 27.2 Å². The fourth-order valence-electron chi connectivity index (χ4n) is 3.25. The third-order valence-corrected chi connectivity index (χ3v) is 6.95. The summed E-state index contributed by atoms with van der Waals surface area (Å²) in [6.45, 7) is 0. The maximum absolute atomic E-state index is 12.7. The molecule has 3 aromatic carbocycles. The first-order valence-electron chi connectivity index (χ1n) is 10.9. The Morgan fingerprint density at radius 1 is 1.03 bits per heavy atom. The van der Waals surface area contributed by atoms with Crippen molar-refractivity contribution in [2.75, 3.05) is 23.5 Å². The number of carbonyl (C=O) groups is 1. The number of methoxy groups -OCH3 is 1. The van der Waals surface area contributed by atoms with Gasteiger partial charge in [-0.2, -0.15) is 5.26 Å². The lowest BCUT2D eigenvalue weighted by Gasteiger charge is -2.14. The molecule has 4 rings (SSSR count). The molecule has 0 aliphatic rings. The van der Waals surface area contributed by atoms with Crippen LogP contribution < -0.4 is 20.1 Å². The number of aromatic nitrogens is 1. The summed E-state index contributed by atoms with van der Waals surface area (Å²) in [5.41, 5.74) is 1.95. The summed E-state index contributed by atoms with van der Waals surface area (Å²) in [6.07, 6.45) is -4.80. The van der Waals surface area contributed by atoms with Crippen molar-refractivity contribution < 1.29 is 27.4 Å². The van der Waals surface area contributed by atoms with E-state index in [-0.39, 0.29) is 11.3 Å². The topological polar surface area (TPSA) is 96.3 Å². The summed E-state index contributed by atoms with van der Waals surface area (Å²) in [5.74, 6) is -0.310. The minimum atomic E-state index is -4.80. The molecule has 2 N–H and O–H groups in total. The van der Waals surface area contributed by atoms with Gasteiger partial charge in [0.05, 0.1) is 28.1 Å². The molecule has 0 spiro atoms. The fourth-order valence-corrected chi connectivity index (χ4v) is 5.11. The number of carbonyl (C=O) groups excluding carboxylic acids is 1. The SMILES string of the molecule is COc1cccc(NC(SCC(=O)Nc2ccc(OC(F)(F)F)cc2)=C(C#N)c2nc3ccccc3s2)c1. The van der Waals surface area contributed by atoms with E-state index in [1.54, 1.807) is 31.4 Å². The molecule has 0 unspecified atom stereocenters. The lowest BCUT2D eigenvalue weighted by molar-refractivity contribution is -0.274. The number of para-hydroxylation sites is 1. The van der Waals surface area contributed by atoms with Gasteiger partial charge in [-0.05, 0) is 48.5 Å². The second kappa shape index (κ2) is 11.9. The largest absolute Gasteiger partial charge is 0.573 e. The Kier molecular flexibility index (Phi) is 8.40. The van der Waals surface area contributed by atoms with E-state index in [0.717, 1.165) is 34.1 Å². The molecule has 0 aliphatic carbocycles. The predicted octanol–water partition coefficient (Wildman–Crippen LogP) is 6.88. The zero-order valence-corrected chi connectivity index (χ0v) is 21.3. The average Bonchev–Trinajstić information content (AvgIpc) is 3.32. The van der Waals surface area contributed by atoms with Crippen molar-refractivity contribution in [1.29, 1.82) is 5.26 Å². The highest BCUT2D eigenvalue weighted by Crippen LogP contribution is 2.34. The number of thiazole rings is 1. The third kappa shape index (κ3) is 7.18. The second-order valence-electron chi connectivity index (χ2n) is 7.57. The van der Waals surface area contributed by atoms with E-state index in [1.807, 2.05) is 24.3 Å². The molecular formula is C26H19F3N4O3S2. The van der Waals surface area contributed by atoms with Crippen molar-refractivity contribution in [3.63, 3.8) is 0 Å². The number of anilines is 2. The number of nitriles is 1. The molecule has 1 amide bonds. The van der Waals surface area contributed by atoms with Crippen molar-refractivity contribution in [3.8, 4) is 17.6 Å². The number of alkyl halides is 3. The van der Waals surface area contributed by atoms with Crippen LogP contribution in [0.5, 0.6) is 11.5 Å². The molecule has 0 saturated heterocycles. The number of nitrogens with zero attached hydrogens (tertiary/aromatic N) is 2. The van der Waals surface area contributed by atoms with E-state index in [1.165, 1.54) is 23.5 Å². The first kappa shape index (κ1) is 26.8. The van der Waals surface area contributed by atoms with E-state index < -0.39 is 18.0 Å². The Morgan fingerprint density at radius 3 is 2.47 bits per heavy atom. The average molecular weight is 557 g/mol. The number of nitrogens with one attached hydrogen (secondary N) is 2. The van der Waals surface area contributed by atoms with Gasteiger partial charge >= 0.3 is 6.36 Å². The normalized spacial score (nSPS) is 11.9. The van der Waals surface area contributed by atoms with Crippen LogP contribution in [0.1, 0.15) is 5.01 Å². The van der Waals surface area contributed by atoms with Gasteiger partial charge in [-0.3, -0.25) is 4.79 Å². The number of hydrogen-bond acceptors (Lipinski definition) is 8. The number of halogens is 3. The quantitative estimate of drug-likeness (QED) is 0.217. The molecule has 194 valence electrons. The molecule has 0 bridgehead atoms. The van der Waals surface area contributed by atoms with Gasteiger partial charge in [0, 0.05) is 17.4 Å². The Labute approximate surface area is 223 Å². The molecule has 38 heavy (non-hydrogen) atoms.